The molecule has 240 valence electrons. The van der Waals surface area contributed by atoms with Crippen LogP contribution in [0.1, 0.15) is 69.3 Å². The van der Waals surface area contributed by atoms with Crippen molar-refractivity contribution in [1.82, 2.24) is 0 Å². The summed E-state index contributed by atoms with van der Waals surface area (Å²) in [6.45, 7) is 1.21. The van der Waals surface area contributed by atoms with Gasteiger partial charge in [-0.15, -0.1) is 0 Å². The zero-order valence-corrected chi connectivity index (χ0v) is 24.2. The Morgan fingerprint density at radius 2 is 1.78 bits per heavy atom. The summed E-state index contributed by atoms with van der Waals surface area (Å²) in [6.07, 6.45) is -9.70. The Labute approximate surface area is 254 Å². The Morgan fingerprint density at radius 3 is 2.42 bits per heavy atom. The monoisotopic (exact) mass is 631 g/mol. The third-order valence-corrected chi connectivity index (χ3v) is 8.37. The largest absolute Gasteiger partial charge is 0.507 e. The predicted molar refractivity (Wildman–Crippen MR) is 147 cm³/mol. The molecule has 6 N–H and O–H groups in total. The summed E-state index contributed by atoms with van der Waals surface area (Å²) in [5.74, 6) is -7.01. The molecule has 0 radical (unpaired) electrons. The smallest absolute Gasteiger partial charge is 0.374 e. The second kappa shape index (κ2) is 11.6. The van der Waals surface area contributed by atoms with E-state index in [-0.39, 0.29) is 22.4 Å². The van der Waals surface area contributed by atoms with E-state index >= 15 is 4.39 Å². The van der Waals surface area contributed by atoms with Gasteiger partial charge in [-0.05, 0) is 13.0 Å². The number of benzene rings is 2. The molecule has 1 aliphatic heterocycles. The molecule has 0 spiro atoms. The highest BCUT2D eigenvalue weighted by atomic mass is 19.1. The van der Waals surface area contributed by atoms with Crippen LogP contribution in [0, 0.1) is 0 Å². The topological polar surface area (TPSA) is 229 Å². The number of hydrogen-bond acceptors (Lipinski definition) is 14. The van der Waals surface area contributed by atoms with Crippen molar-refractivity contribution in [3.8, 4) is 17.2 Å². The van der Waals surface area contributed by atoms with E-state index in [1.807, 2.05) is 0 Å². The Kier molecular flexibility index (Phi) is 8.26. The number of ketones is 4. The summed E-state index contributed by atoms with van der Waals surface area (Å²) in [4.78, 5) is 63.6. The van der Waals surface area contributed by atoms with Crippen LogP contribution >= 0.6 is 0 Å². The van der Waals surface area contributed by atoms with E-state index in [0.717, 1.165) is 6.92 Å². The summed E-state index contributed by atoms with van der Waals surface area (Å²) in [6, 6.07) is 2.68. The van der Waals surface area contributed by atoms with Crippen LogP contribution in [0.25, 0.3) is 0 Å². The zero-order chi connectivity index (χ0) is 33.1. The van der Waals surface area contributed by atoms with Crippen molar-refractivity contribution >= 4 is 29.1 Å². The number of methoxy groups -OCH3 is 1. The maximum Gasteiger partial charge on any atom is 0.374 e. The standard InChI is InChI=1S/C30H30FNO13/c1-10(33)28(40)43-9-16(34)30(41)7-13-18(15(8-30)45-29-21(31)22(32)23(35)11(2)44-29)27(39)20-19(25(13)37)24(36)12-5-4-6-14(42-3)17(12)26(20)38/h4-6,11,15,21-23,29,35,37,39,41H,7-9,32H2,1-3H3/t11-,15-,21+,22-,23?,29-,30-/m0/s1. The normalized spacial score (nSPS) is 28.9. The maximum atomic E-state index is 15.3. The van der Waals surface area contributed by atoms with E-state index in [1.54, 1.807) is 0 Å². The summed E-state index contributed by atoms with van der Waals surface area (Å²) in [5.41, 5.74) is 0.941. The number of alkyl halides is 1. The number of ether oxygens (including phenoxy) is 4. The van der Waals surface area contributed by atoms with Crippen LogP contribution in [0.3, 0.4) is 0 Å². The number of nitrogens with two attached hydrogens (primary N) is 1. The lowest BCUT2D eigenvalue weighted by atomic mass is 9.72. The van der Waals surface area contributed by atoms with Crippen molar-refractivity contribution in [2.75, 3.05) is 13.7 Å². The van der Waals surface area contributed by atoms with E-state index in [0.29, 0.717) is 0 Å². The summed E-state index contributed by atoms with van der Waals surface area (Å²) in [5, 5.41) is 44.7. The minimum absolute atomic E-state index is 0.0124. The van der Waals surface area contributed by atoms with Gasteiger partial charge in [0.05, 0.1) is 48.2 Å². The highest BCUT2D eigenvalue weighted by Gasteiger charge is 2.52. The number of halogens is 1. The van der Waals surface area contributed by atoms with Crippen molar-refractivity contribution in [2.45, 2.75) is 69.1 Å². The van der Waals surface area contributed by atoms with Gasteiger partial charge in [0, 0.05) is 36.5 Å². The van der Waals surface area contributed by atoms with Gasteiger partial charge in [0.2, 0.25) is 17.3 Å². The van der Waals surface area contributed by atoms with Gasteiger partial charge >= 0.3 is 5.97 Å². The number of carbonyl (C=O) groups excluding carboxylic acids is 5. The molecule has 1 saturated heterocycles. The van der Waals surface area contributed by atoms with Crippen molar-refractivity contribution in [2.24, 2.45) is 5.73 Å². The molecule has 45 heavy (non-hydrogen) atoms. The quantitative estimate of drug-likeness (QED) is 0.132. The molecule has 2 aliphatic carbocycles. The number of aliphatic hydroxyl groups excluding tert-OH is 1. The molecule has 1 heterocycles. The molecule has 5 rings (SSSR count). The maximum absolute atomic E-state index is 15.3. The molecule has 2 aromatic rings. The van der Waals surface area contributed by atoms with Crippen LogP contribution in [0.2, 0.25) is 0 Å². The number of carbonyl (C=O) groups is 5. The van der Waals surface area contributed by atoms with Gasteiger partial charge < -0.3 is 45.1 Å². The van der Waals surface area contributed by atoms with Gasteiger partial charge in [-0.3, -0.25) is 19.2 Å². The number of esters is 1. The SMILES string of the molecule is COc1cccc2c1C(=O)c1c(O)c3c(c(O)c1C2=O)C[C@@](O)(C(=O)COC(=O)C(C)=O)C[C@@H]3O[C@@H]1O[C@@H](C)C(O)[C@@H](N)[C@H]1F. The number of hydrogen-bond donors (Lipinski definition) is 5. The van der Waals surface area contributed by atoms with Crippen molar-refractivity contribution < 1.29 is 67.7 Å². The molecule has 0 bridgehead atoms. The lowest BCUT2D eigenvalue weighted by Gasteiger charge is -2.43. The molecule has 7 atom stereocenters. The highest BCUT2D eigenvalue weighted by molar-refractivity contribution is 6.33. The Bertz CT molecular complexity index is 1640. The molecule has 2 aromatic carbocycles. The first kappa shape index (κ1) is 32.1. The van der Waals surface area contributed by atoms with Crippen LogP contribution in [0.5, 0.6) is 17.2 Å². The van der Waals surface area contributed by atoms with Crippen LogP contribution in [0.15, 0.2) is 18.2 Å². The van der Waals surface area contributed by atoms with E-state index in [1.165, 1.54) is 32.2 Å². The predicted octanol–water partition coefficient (Wildman–Crippen LogP) is 0.0892. The number of rotatable bonds is 7. The third kappa shape index (κ3) is 5.15. The van der Waals surface area contributed by atoms with E-state index in [2.05, 4.69) is 4.74 Å². The van der Waals surface area contributed by atoms with Gasteiger partial charge in [0.25, 0.3) is 0 Å². The van der Waals surface area contributed by atoms with E-state index in [4.69, 9.17) is 19.9 Å². The average molecular weight is 632 g/mol. The fraction of sp³-hybridized carbons (Fsp3) is 0.433. The first-order valence-electron chi connectivity index (χ1n) is 13.8. The summed E-state index contributed by atoms with van der Waals surface area (Å²) < 4.78 is 36.4. The summed E-state index contributed by atoms with van der Waals surface area (Å²) >= 11 is 0. The van der Waals surface area contributed by atoms with Gasteiger partial charge in [-0.25, -0.2) is 9.18 Å². The minimum Gasteiger partial charge on any atom is -0.507 e. The second-order valence-electron chi connectivity index (χ2n) is 11.2. The number of aromatic hydroxyl groups is 2. The molecule has 3 aliphatic rings. The van der Waals surface area contributed by atoms with Crippen molar-refractivity contribution in [3.63, 3.8) is 0 Å². The number of aliphatic hydroxyl groups is 2. The lowest BCUT2D eigenvalue weighted by molar-refractivity contribution is -0.273. The fourth-order valence-corrected chi connectivity index (χ4v) is 5.93. The molecule has 0 amide bonds. The Hall–Kier alpha value is -4.28. The second-order valence-corrected chi connectivity index (χ2v) is 11.2. The molecular formula is C30H30FNO13. The zero-order valence-electron chi connectivity index (χ0n) is 24.2. The van der Waals surface area contributed by atoms with Gasteiger partial charge in [0.1, 0.15) is 22.8 Å². The van der Waals surface area contributed by atoms with E-state index < -0.39 is 119 Å². The van der Waals surface area contributed by atoms with Gasteiger partial charge in [-0.2, -0.15) is 0 Å². The van der Waals surface area contributed by atoms with Crippen LogP contribution in [-0.4, -0.2) is 99.6 Å². The molecule has 1 unspecified atom stereocenters. The van der Waals surface area contributed by atoms with Crippen molar-refractivity contribution in [3.05, 3.63) is 51.6 Å². The van der Waals surface area contributed by atoms with Gasteiger partial charge in [0.15, 0.2) is 24.9 Å². The first-order valence-corrected chi connectivity index (χ1v) is 13.8. The molecule has 0 aromatic heterocycles. The van der Waals surface area contributed by atoms with Crippen molar-refractivity contribution in [1.29, 1.82) is 0 Å². The molecule has 0 saturated carbocycles. The van der Waals surface area contributed by atoms with E-state index in [9.17, 15) is 44.4 Å². The molecule has 14 nitrogen and oxygen atoms in total. The van der Waals surface area contributed by atoms with Crippen LogP contribution in [-0.2, 0) is 35.0 Å². The number of Topliss-reactive ketones (excluding diaryl/α,β-unsaturated/α-hetero) is 2. The fourth-order valence-electron chi connectivity index (χ4n) is 5.93. The molecule has 15 heteroatoms. The Morgan fingerprint density at radius 1 is 1.11 bits per heavy atom. The van der Waals surface area contributed by atoms with Gasteiger partial charge in [-0.1, -0.05) is 12.1 Å². The molecule has 1 fully saturated rings. The molecular weight excluding hydrogens is 601 g/mol. The lowest BCUT2D eigenvalue weighted by Crippen LogP contribution is -2.60. The Balaban J connectivity index is 1.65. The minimum atomic E-state index is -2.54. The van der Waals surface area contributed by atoms with Crippen LogP contribution < -0.4 is 10.5 Å². The third-order valence-electron chi connectivity index (χ3n) is 8.37. The highest BCUT2D eigenvalue weighted by Crippen LogP contribution is 2.52. The first-order chi connectivity index (χ1) is 21.1. The number of phenols is 2. The summed E-state index contributed by atoms with van der Waals surface area (Å²) in [7, 11) is 1.27. The van der Waals surface area contributed by atoms with Crippen LogP contribution in [0.4, 0.5) is 4.39 Å². The number of fused-ring (bicyclic) bond motifs is 3. The number of phenolic OH excluding ortho intramolecular Hbond substituents is 2. The average Bonchev–Trinajstić information content (AvgIpc) is 3.00.